The van der Waals surface area contributed by atoms with Gasteiger partial charge in [-0.1, -0.05) is 38.5 Å². The van der Waals surface area contributed by atoms with Crippen LogP contribution in [0.4, 0.5) is 13.2 Å². The second kappa shape index (κ2) is 9.49. The fourth-order valence-electron chi connectivity index (χ4n) is 4.12. The third kappa shape index (κ3) is 4.71. The maximum atomic E-state index is 14.2. The van der Waals surface area contributed by atoms with Crippen molar-refractivity contribution >= 4 is 0 Å². The normalized spacial score (nSPS) is 19.6. The van der Waals surface area contributed by atoms with E-state index in [0.29, 0.717) is 36.8 Å². The smallest absolute Gasteiger partial charge is 0.200 e. The van der Waals surface area contributed by atoms with Gasteiger partial charge in [0.1, 0.15) is 5.82 Å². The standard InChI is InChI=1S/C24H29F3O/c1-3-5-19-12-13-22(24(27)23(19)26)28-15-16-6-8-18(9-7-16)20-11-10-17(4-2)21(25)14-20/h10-14,16,18H,3-9,15H2,1-2H3. The Kier molecular flexibility index (Phi) is 7.03. The number of hydrogen-bond donors (Lipinski definition) is 0. The van der Waals surface area contributed by atoms with Crippen LogP contribution in [0.1, 0.15) is 68.6 Å². The number of aryl methyl sites for hydroxylation is 2. The van der Waals surface area contributed by atoms with Crippen LogP contribution in [0.25, 0.3) is 0 Å². The van der Waals surface area contributed by atoms with E-state index in [9.17, 15) is 13.2 Å². The van der Waals surface area contributed by atoms with Crippen molar-refractivity contribution in [2.75, 3.05) is 6.61 Å². The Balaban J connectivity index is 1.54. The average Bonchev–Trinajstić information content (AvgIpc) is 2.71. The molecule has 1 aliphatic rings. The van der Waals surface area contributed by atoms with Gasteiger partial charge in [-0.3, -0.25) is 0 Å². The quantitative estimate of drug-likeness (QED) is 0.496. The van der Waals surface area contributed by atoms with E-state index >= 15 is 0 Å². The van der Waals surface area contributed by atoms with Crippen LogP contribution in [0, 0.1) is 23.4 Å². The second-order valence-corrected chi connectivity index (χ2v) is 7.83. The van der Waals surface area contributed by atoms with Gasteiger partial charge >= 0.3 is 0 Å². The van der Waals surface area contributed by atoms with E-state index in [1.165, 1.54) is 6.07 Å². The minimum atomic E-state index is -0.883. The Morgan fingerprint density at radius 3 is 2.25 bits per heavy atom. The molecular weight excluding hydrogens is 361 g/mol. The van der Waals surface area contributed by atoms with Crippen molar-refractivity contribution < 1.29 is 17.9 Å². The maximum absolute atomic E-state index is 14.2. The Morgan fingerprint density at radius 1 is 0.893 bits per heavy atom. The first-order chi connectivity index (χ1) is 13.5. The lowest BCUT2D eigenvalue weighted by Gasteiger charge is -2.29. The highest BCUT2D eigenvalue weighted by Gasteiger charge is 2.24. The van der Waals surface area contributed by atoms with Gasteiger partial charge in [0.15, 0.2) is 11.6 Å². The maximum Gasteiger partial charge on any atom is 0.200 e. The number of hydrogen-bond acceptors (Lipinski definition) is 1. The molecule has 1 aliphatic carbocycles. The minimum absolute atomic E-state index is 0.00305. The van der Waals surface area contributed by atoms with E-state index in [0.717, 1.165) is 43.2 Å². The van der Waals surface area contributed by atoms with Gasteiger partial charge in [0.05, 0.1) is 6.61 Å². The van der Waals surface area contributed by atoms with Gasteiger partial charge in [-0.05, 0) is 79.2 Å². The summed E-state index contributed by atoms with van der Waals surface area (Å²) in [4.78, 5) is 0. The van der Waals surface area contributed by atoms with Crippen LogP contribution in [0.3, 0.4) is 0 Å². The van der Waals surface area contributed by atoms with Gasteiger partial charge in [-0.25, -0.2) is 8.78 Å². The van der Waals surface area contributed by atoms with Crippen LogP contribution in [-0.2, 0) is 12.8 Å². The first kappa shape index (κ1) is 20.8. The topological polar surface area (TPSA) is 9.23 Å². The molecule has 1 fully saturated rings. The van der Waals surface area contributed by atoms with E-state index in [2.05, 4.69) is 0 Å². The zero-order valence-corrected chi connectivity index (χ0v) is 16.7. The molecule has 0 aliphatic heterocycles. The first-order valence-corrected chi connectivity index (χ1v) is 10.4. The summed E-state index contributed by atoms with van der Waals surface area (Å²) in [6.07, 6.45) is 5.81. The molecule has 0 saturated heterocycles. The molecular formula is C24H29F3O. The summed E-state index contributed by atoms with van der Waals surface area (Å²) in [5.41, 5.74) is 2.22. The molecule has 0 heterocycles. The molecule has 3 rings (SSSR count). The largest absolute Gasteiger partial charge is 0.490 e. The van der Waals surface area contributed by atoms with Crippen molar-refractivity contribution in [3.05, 3.63) is 64.5 Å². The summed E-state index contributed by atoms with van der Waals surface area (Å²) < 4.78 is 47.9. The lowest BCUT2D eigenvalue weighted by Crippen LogP contribution is -2.20. The second-order valence-electron chi connectivity index (χ2n) is 7.83. The Morgan fingerprint density at radius 2 is 1.61 bits per heavy atom. The summed E-state index contributed by atoms with van der Waals surface area (Å²) in [5.74, 6) is -1.12. The van der Waals surface area contributed by atoms with Gasteiger partial charge < -0.3 is 4.74 Å². The van der Waals surface area contributed by atoms with Crippen LogP contribution >= 0.6 is 0 Å². The fraction of sp³-hybridized carbons (Fsp3) is 0.500. The summed E-state index contributed by atoms with van der Waals surface area (Å²) in [5, 5.41) is 0. The predicted molar refractivity (Wildman–Crippen MR) is 106 cm³/mol. The molecule has 28 heavy (non-hydrogen) atoms. The van der Waals surface area contributed by atoms with E-state index in [4.69, 9.17) is 4.74 Å². The van der Waals surface area contributed by atoms with Gasteiger partial charge in [0, 0.05) is 0 Å². The molecule has 0 aromatic heterocycles. The number of benzene rings is 2. The molecule has 0 atom stereocenters. The van der Waals surface area contributed by atoms with Crippen LogP contribution in [0.2, 0.25) is 0 Å². The van der Waals surface area contributed by atoms with Crippen LogP contribution in [0.5, 0.6) is 5.75 Å². The highest BCUT2D eigenvalue weighted by Crippen LogP contribution is 2.37. The van der Waals surface area contributed by atoms with Gasteiger partial charge in [0.25, 0.3) is 0 Å². The van der Waals surface area contributed by atoms with E-state index in [-0.39, 0.29) is 11.6 Å². The summed E-state index contributed by atoms with van der Waals surface area (Å²) in [6, 6.07) is 8.75. The molecule has 4 heteroatoms. The van der Waals surface area contributed by atoms with Crippen molar-refractivity contribution in [2.45, 2.75) is 64.7 Å². The Hall–Kier alpha value is -1.97. The van der Waals surface area contributed by atoms with Gasteiger partial charge in [-0.15, -0.1) is 0 Å². The van der Waals surface area contributed by atoms with Crippen molar-refractivity contribution in [3.63, 3.8) is 0 Å². The molecule has 2 aromatic rings. The fourth-order valence-corrected chi connectivity index (χ4v) is 4.12. The minimum Gasteiger partial charge on any atom is -0.490 e. The zero-order valence-electron chi connectivity index (χ0n) is 16.7. The average molecular weight is 390 g/mol. The zero-order chi connectivity index (χ0) is 20.1. The number of rotatable bonds is 7. The third-order valence-electron chi connectivity index (χ3n) is 5.90. The van der Waals surface area contributed by atoms with Gasteiger partial charge in [-0.2, -0.15) is 4.39 Å². The van der Waals surface area contributed by atoms with Crippen LogP contribution in [0.15, 0.2) is 30.3 Å². The van der Waals surface area contributed by atoms with Crippen molar-refractivity contribution in [1.29, 1.82) is 0 Å². The van der Waals surface area contributed by atoms with Crippen molar-refractivity contribution in [3.8, 4) is 5.75 Å². The molecule has 0 spiro atoms. The summed E-state index contributed by atoms with van der Waals surface area (Å²) >= 11 is 0. The van der Waals surface area contributed by atoms with E-state index in [1.807, 2.05) is 26.0 Å². The summed E-state index contributed by atoms with van der Waals surface area (Å²) in [6.45, 7) is 4.28. The summed E-state index contributed by atoms with van der Waals surface area (Å²) in [7, 11) is 0. The highest BCUT2D eigenvalue weighted by molar-refractivity contribution is 5.31. The molecule has 0 unspecified atom stereocenters. The monoisotopic (exact) mass is 390 g/mol. The van der Waals surface area contributed by atoms with E-state index in [1.54, 1.807) is 12.1 Å². The first-order valence-electron chi connectivity index (χ1n) is 10.4. The molecule has 1 saturated carbocycles. The van der Waals surface area contributed by atoms with Crippen molar-refractivity contribution in [1.82, 2.24) is 0 Å². The molecule has 0 radical (unpaired) electrons. The number of ether oxygens (including phenoxy) is 1. The van der Waals surface area contributed by atoms with Crippen LogP contribution in [-0.4, -0.2) is 6.61 Å². The highest BCUT2D eigenvalue weighted by atomic mass is 19.2. The van der Waals surface area contributed by atoms with Gasteiger partial charge in [0.2, 0.25) is 5.82 Å². The molecule has 152 valence electrons. The molecule has 1 nitrogen and oxygen atoms in total. The lowest BCUT2D eigenvalue weighted by atomic mass is 9.79. The van der Waals surface area contributed by atoms with Crippen molar-refractivity contribution in [2.24, 2.45) is 5.92 Å². The molecule has 0 bridgehead atoms. The molecule has 0 N–H and O–H groups in total. The SMILES string of the molecule is CCCc1ccc(OCC2CCC(c3ccc(CC)c(F)c3)CC2)c(F)c1F. The van der Waals surface area contributed by atoms with Crippen LogP contribution < -0.4 is 4.74 Å². The predicted octanol–water partition coefficient (Wildman–Crippen LogP) is 6.97. The third-order valence-corrected chi connectivity index (χ3v) is 5.90. The Bertz CT molecular complexity index is 795. The van der Waals surface area contributed by atoms with E-state index < -0.39 is 11.6 Å². The molecule has 2 aromatic carbocycles. The Labute approximate surface area is 165 Å². The lowest BCUT2D eigenvalue weighted by molar-refractivity contribution is 0.192. The number of halogens is 3. The molecule has 0 amide bonds.